The molecular weight excluding hydrogens is 246 g/mol. The van der Waals surface area contributed by atoms with E-state index in [1.807, 2.05) is 6.92 Å². The highest BCUT2D eigenvalue weighted by Crippen LogP contribution is 2.45. The van der Waals surface area contributed by atoms with Gasteiger partial charge in [0, 0.05) is 13.2 Å². The van der Waals surface area contributed by atoms with Gasteiger partial charge >= 0.3 is 5.97 Å². The Morgan fingerprint density at radius 1 is 1.37 bits per heavy atom. The molecule has 0 aromatic heterocycles. The van der Waals surface area contributed by atoms with Gasteiger partial charge in [0.25, 0.3) is 0 Å². The van der Waals surface area contributed by atoms with Crippen molar-refractivity contribution in [2.45, 2.75) is 44.8 Å². The third-order valence-corrected chi connectivity index (χ3v) is 4.86. The topological polar surface area (TPSA) is 66.8 Å². The highest BCUT2D eigenvalue weighted by atomic mass is 16.5. The lowest BCUT2D eigenvalue weighted by atomic mass is 9.94. The number of aliphatic carboxylic acids is 1. The Hall–Kier alpha value is -1.10. The van der Waals surface area contributed by atoms with E-state index in [0.717, 1.165) is 25.7 Å². The van der Waals surface area contributed by atoms with Crippen molar-refractivity contribution in [3.63, 3.8) is 0 Å². The van der Waals surface area contributed by atoms with Gasteiger partial charge in [0.1, 0.15) is 6.04 Å². The highest BCUT2D eigenvalue weighted by Gasteiger charge is 2.54. The molecule has 3 rings (SSSR count). The summed E-state index contributed by atoms with van der Waals surface area (Å²) >= 11 is 0. The summed E-state index contributed by atoms with van der Waals surface area (Å²) in [6.07, 6.45) is 3.90. The maximum absolute atomic E-state index is 12.4. The molecule has 0 bridgehead atoms. The minimum absolute atomic E-state index is 0.000231. The molecule has 5 heteroatoms. The molecule has 2 aliphatic carbocycles. The van der Waals surface area contributed by atoms with Crippen LogP contribution in [0.15, 0.2) is 0 Å². The van der Waals surface area contributed by atoms with Crippen LogP contribution in [-0.4, -0.2) is 47.2 Å². The van der Waals surface area contributed by atoms with Crippen molar-refractivity contribution in [2.24, 2.45) is 17.8 Å². The first-order valence-corrected chi connectivity index (χ1v) is 7.28. The summed E-state index contributed by atoms with van der Waals surface area (Å²) in [5, 5.41) is 9.43. The quantitative estimate of drug-likeness (QED) is 0.829. The number of carboxylic acids is 1. The number of hydrogen-bond acceptors (Lipinski definition) is 3. The average molecular weight is 267 g/mol. The van der Waals surface area contributed by atoms with Gasteiger partial charge in [-0.25, -0.2) is 4.79 Å². The van der Waals surface area contributed by atoms with Gasteiger partial charge in [-0.15, -0.1) is 0 Å². The molecule has 0 unspecified atom stereocenters. The first kappa shape index (κ1) is 12.9. The fourth-order valence-electron chi connectivity index (χ4n) is 3.89. The molecular formula is C14H21NO4. The van der Waals surface area contributed by atoms with Crippen molar-refractivity contribution in [3.05, 3.63) is 0 Å². The van der Waals surface area contributed by atoms with Crippen LogP contribution in [0.2, 0.25) is 0 Å². The van der Waals surface area contributed by atoms with Gasteiger partial charge in [-0.3, -0.25) is 4.79 Å². The zero-order chi connectivity index (χ0) is 13.6. The van der Waals surface area contributed by atoms with Crippen LogP contribution >= 0.6 is 0 Å². The standard InChI is InChI=1S/C14H21NO4/c1-2-19-11-6-10(11)13(16)15-7-8-4-3-5-9(8)12(15)14(17)18/h8-12H,2-7H2,1H3,(H,17,18)/t8-,9+,10-,11+,12+/m0/s1. The van der Waals surface area contributed by atoms with E-state index < -0.39 is 12.0 Å². The number of carbonyl (C=O) groups excluding carboxylic acids is 1. The van der Waals surface area contributed by atoms with Gasteiger partial charge < -0.3 is 14.7 Å². The Bertz CT molecular complexity index is 397. The lowest BCUT2D eigenvalue weighted by Crippen LogP contribution is -2.44. The summed E-state index contributed by atoms with van der Waals surface area (Å²) in [5.74, 6) is -0.364. The second-order valence-corrected chi connectivity index (χ2v) is 5.96. The van der Waals surface area contributed by atoms with Gasteiger partial charge in [-0.05, 0) is 38.0 Å². The van der Waals surface area contributed by atoms with E-state index in [9.17, 15) is 14.7 Å². The number of carboxylic acid groups (broad SMARTS) is 1. The van der Waals surface area contributed by atoms with Gasteiger partial charge in [-0.2, -0.15) is 0 Å². The predicted molar refractivity (Wildman–Crippen MR) is 67.5 cm³/mol. The van der Waals surface area contributed by atoms with E-state index in [-0.39, 0.29) is 23.8 Å². The molecule has 0 radical (unpaired) electrons. The van der Waals surface area contributed by atoms with E-state index in [0.29, 0.717) is 19.1 Å². The Morgan fingerprint density at radius 2 is 2.16 bits per heavy atom. The lowest BCUT2D eigenvalue weighted by molar-refractivity contribution is -0.150. The van der Waals surface area contributed by atoms with Crippen LogP contribution in [0.25, 0.3) is 0 Å². The average Bonchev–Trinajstić information content (AvgIpc) is 2.82. The number of ether oxygens (including phenoxy) is 1. The number of fused-ring (bicyclic) bond motifs is 1. The molecule has 1 heterocycles. The largest absolute Gasteiger partial charge is 0.480 e. The maximum atomic E-state index is 12.4. The fourth-order valence-corrected chi connectivity index (χ4v) is 3.89. The molecule has 1 saturated heterocycles. The molecule has 1 N–H and O–H groups in total. The smallest absolute Gasteiger partial charge is 0.326 e. The Kier molecular flexibility index (Phi) is 3.25. The zero-order valence-electron chi connectivity index (χ0n) is 11.2. The summed E-state index contributed by atoms with van der Waals surface area (Å²) in [4.78, 5) is 25.5. The lowest BCUT2D eigenvalue weighted by Gasteiger charge is -2.24. The van der Waals surface area contributed by atoms with E-state index in [1.54, 1.807) is 4.90 Å². The van der Waals surface area contributed by atoms with Crippen molar-refractivity contribution in [2.75, 3.05) is 13.2 Å². The van der Waals surface area contributed by atoms with Crippen LogP contribution in [0.3, 0.4) is 0 Å². The molecule has 2 saturated carbocycles. The normalized spacial score (nSPS) is 40.3. The van der Waals surface area contributed by atoms with Crippen LogP contribution in [-0.2, 0) is 14.3 Å². The van der Waals surface area contributed by atoms with E-state index in [1.165, 1.54) is 0 Å². The van der Waals surface area contributed by atoms with Crippen molar-refractivity contribution >= 4 is 11.9 Å². The van der Waals surface area contributed by atoms with Crippen molar-refractivity contribution < 1.29 is 19.4 Å². The van der Waals surface area contributed by atoms with Crippen molar-refractivity contribution in [1.82, 2.24) is 4.90 Å². The molecule has 5 nitrogen and oxygen atoms in total. The Labute approximate surface area is 112 Å². The van der Waals surface area contributed by atoms with Crippen LogP contribution in [0.1, 0.15) is 32.6 Å². The first-order chi connectivity index (χ1) is 9.13. The summed E-state index contributed by atoms with van der Waals surface area (Å²) in [6, 6.07) is -0.595. The van der Waals surface area contributed by atoms with Crippen LogP contribution in [0.4, 0.5) is 0 Å². The minimum atomic E-state index is -0.837. The van der Waals surface area contributed by atoms with Crippen LogP contribution < -0.4 is 0 Å². The number of rotatable bonds is 4. The fraction of sp³-hybridized carbons (Fsp3) is 0.857. The second-order valence-electron chi connectivity index (χ2n) is 5.96. The summed E-state index contributed by atoms with van der Waals surface area (Å²) in [6.45, 7) is 3.16. The van der Waals surface area contributed by atoms with Gasteiger partial charge in [0.2, 0.25) is 5.91 Å². The number of nitrogens with zero attached hydrogens (tertiary/aromatic N) is 1. The number of amides is 1. The minimum Gasteiger partial charge on any atom is -0.480 e. The molecule has 5 atom stereocenters. The molecule has 3 fully saturated rings. The molecule has 0 spiro atoms. The van der Waals surface area contributed by atoms with E-state index >= 15 is 0 Å². The number of hydrogen-bond donors (Lipinski definition) is 1. The van der Waals surface area contributed by atoms with E-state index in [4.69, 9.17) is 4.74 Å². The molecule has 19 heavy (non-hydrogen) atoms. The van der Waals surface area contributed by atoms with Crippen LogP contribution in [0.5, 0.6) is 0 Å². The summed E-state index contributed by atoms with van der Waals surface area (Å²) < 4.78 is 5.44. The maximum Gasteiger partial charge on any atom is 0.326 e. The zero-order valence-corrected chi connectivity index (χ0v) is 11.2. The van der Waals surface area contributed by atoms with Gasteiger partial charge in [-0.1, -0.05) is 6.42 Å². The molecule has 106 valence electrons. The third-order valence-electron chi connectivity index (χ3n) is 4.86. The highest BCUT2D eigenvalue weighted by molar-refractivity contribution is 5.88. The second kappa shape index (κ2) is 4.78. The van der Waals surface area contributed by atoms with Crippen LogP contribution in [0, 0.1) is 17.8 Å². The Balaban J connectivity index is 1.70. The summed E-state index contributed by atoms with van der Waals surface area (Å²) in [7, 11) is 0. The Morgan fingerprint density at radius 3 is 2.84 bits per heavy atom. The number of carbonyl (C=O) groups is 2. The number of likely N-dealkylation sites (tertiary alicyclic amines) is 1. The van der Waals surface area contributed by atoms with Crippen molar-refractivity contribution in [1.29, 1.82) is 0 Å². The predicted octanol–water partition coefficient (Wildman–Crippen LogP) is 1.12. The monoisotopic (exact) mass is 267 g/mol. The van der Waals surface area contributed by atoms with E-state index in [2.05, 4.69) is 0 Å². The van der Waals surface area contributed by atoms with Crippen molar-refractivity contribution in [3.8, 4) is 0 Å². The molecule has 1 amide bonds. The van der Waals surface area contributed by atoms with Gasteiger partial charge in [0.15, 0.2) is 0 Å². The molecule has 0 aromatic carbocycles. The molecule has 3 aliphatic rings. The molecule has 0 aromatic rings. The summed E-state index contributed by atoms with van der Waals surface area (Å²) in [5.41, 5.74) is 0. The SMILES string of the molecule is CCO[C@@H]1C[C@@H]1C(=O)N1C[C@@H]2CCC[C@H]2[C@@H]1C(=O)O. The van der Waals surface area contributed by atoms with Gasteiger partial charge in [0.05, 0.1) is 12.0 Å². The third kappa shape index (κ3) is 2.14. The molecule has 1 aliphatic heterocycles. The first-order valence-electron chi connectivity index (χ1n) is 7.28.